The van der Waals surface area contributed by atoms with Gasteiger partial charge in [0.15, 0.2) is 0 Å². The number of aromatic nitrogens is 3. The van der Waals surface area contributed by atoms with Gasteiger partial charge in [0.25, 0.3) is 5.91 Å². The lowest BCUT2D eigenvalue weighted by molar-refractivity contribution is 0.0933. The van der Waals surface area contributed by atoms with Gasteiger partial charge in [-0.2, -0.15) is 10.2 Å². The summed E-state index contributed by atoms with van der Waals surface area (Å²) in [7, 11) is -2.04. The topological polar surface area (TPSA) is 174 Å². The molecular weight excluding hydrogens is 608 g/mol. The fourth-order valence-corrected chi connectivity index (χ4v) is 5.48. The Labute approximate surface area is 270 Å². The first-order valence-electron chi connectivity index (χ1n) is 15.0. The Morgan fingerprint density at radius 3 is 2.57 bits per heavy atom. The number of benzene rings is 2. The van der Waals surface area contributed by atoms with Crippen LogP contribution in [0.2, 0.25) is 0 Å². The highest BCUT2D eigenvalue weighted by molar-refractivity contribution is 8.19. The molecule has 0 saturated heterocycles. The number of phenols is 1. The second kappa shape index (κ2) is 15.2. The zero-order valence-corrected chi connectivity index (χ0v) is 27.3. The van der Waals surface area contributed by atoms with E-state index in [1.165, 1.54) is 18.5 Å². The number of hydrogen-bond donors (Lipinski definition) is 6. The number of nitrogens with zero attached hydrogens (tertiary/aromatic N) is 4. The molecule has 0 aliphatic rings. The molecule has 4 aromatic rings. The molecule has 4 rings (SSSR count). The SMILES string of the molecule is CCc1cc(-c2ccn(C)n2)c(O)cc1OCCCCC(C)(C)CNC(=O)c1ccc(N/N=C/c2ccccc2S(O)(O)O)nc1. The number of carbonyl (C=O) groups excluding carboxylic acids is 1. The second-order valence-electron chi connectivity index (χ2n) is 11.7. The molecule has 0 aliphatic heterocycles. The number of anilines is 1. The molecule has 0 unspecified atom stereocenters. The Kier molecular flexibility index (Phi) is 11.4. The molecule has 2 aromatic heterocycles. The molecule has 0 spiro atoms. The van der Waals surface area contributed by atoms with E-state index in [1.54, 1.807) is 41.1 Å². The number of ether oxygens (including phenoxy) is 1. The van der Waals surface area contributed by atoms with E-state index in [9.17, 15) is 23.6 Å². The van der Waals surface area contributed by atoms with Crippen molar-refractivity contribution < 1.29 is 28.3 Å². The fourth-order valence-electron chi connectivity index (χ4n) is 4.79. The highest BCUT2D eigenvalue weighted by atomic mass is 32.3. The summed E-state index contributed by atoms with van der Waals surface area (Å²) in [5.41, 5.74) is 5.74. The number of hydrazone groups is 1. The van der Waals surface area contributed by atoms with Crippen LogP contribution in [0.15, 0.2) is 77.0 Å². The molecular formula is C33H42N6O6S. The largest absolute Gasteiger partial charge is 0.507 e. The quantitative estimate of drug-likeness (QED) is 0.0460. The highest BCUT2D eigenvalue weighted by Gasteiger charge is 2.20. The summed E-state index contributed by atoms with van der Waals surface area (Å²) in [5.74, 6) is 0.970. The van der Waals surface area contributed by atoms with E-state index in [1.807, 2.05) is 25.4 Å². The first-order valence-corrected chi connectivity index (χ1v) is 16.5. The summed E-state index contributed by atoms with van der Waals surface area (Å²) in [6.07, 6.45) is 8.02. The first-order chi connectivity index (χ1) is 21.9. The van der Waals surface area contributed by atoms with Crippen molar-refractivity contribution in [1.82, 2.24) is 20.1 Å². The molecule has 0 saturated carbocycles. The number of aryl methyl sites for hydroxylation is 2. The minimum atomic E-state index is -3.89. The van der Waals surface area contributed by atoms with Gasteiger partial charge in [0.2, 0.25) is 0 Å². The number of unbranched alkanes of at least 4 members (excludes halogenated alkanes) is 1. The van der Waals surface area contributed by atoms with Crippen LogP contribution >= 0.6 is 10.9 Å². The maximum absolute atomic E-state index is 12.8. The van der Waals surface area contributed by atoms with E-state index in [2.05, 4.69) is 46.7 Å². The molecule has 0 radical (unpaired) electrons. The molecule has 46 heavy (non-hydrogen) atoms. The number of amides is 1. The van der Waals surface area contributed by atoms with Crippen molar-refractivity contribution in [1.29, 1.82) is 0 Å². The maximum atomic E-state index is 12.8. The van der Waals surface area contributed by atoms with Gasteiger partial charge in [-0.05, 0) is 67.0 Å². The number of carbonyl (C=O) groups is 1. The fraction of sp³-hybridized carbons (Fsp3) is 0.333. The summed E-state index contributed by atoms with van der Waals surface area (Å²) in [6, 6.07) is 15.0. The van der Waals surface area contributed by atoms with Crippen LogP contribution in [0.4, 0.5) is 5.82 Å². The molecule has 0 bridgehead atoms. The number of aromatic hydroxyl groups is 1. The minimum absolute atomic E-state index is 0.0355. The average Bonchev–Trinajstić information content (AvgIpc) is 3.45. The Hall–Kier alpha value is -4.43. The van der Waals surface area contributed by atoms with Crippen molar-refractivity contribution >= 4 is 28.8 Å². The zero-order valence-electron chi connectivity index (χ0n) is 26.5. The average molecular weight is 651 g/mol. The maximum Gasteiger partial charge on any atom is 0.252 e. The first kappa shape index (κ1) is 34.4. The third kappa shape index (κ3) is 9.54. The van der Waals surface area contributed by atoms with E-state index < -0.39 is 10.9 Å². The monoisotopic (exact) mass is 650 g/mol. The van der Waals surface area contributed by atoms with Crippen molar-refractivity contribution in [3.8, 4) is 22.8 Å². The van der Waals surface area contributed by atoms with Crippen LogP contribution in [0.25, 0.3) is 11.3 Å². The van der Waals surface area contributed by atoms with E-state index in [0.29, 0.717) is 41.4 Å². The Balaban J connectivity index is 1.20. The summed E-state index contributed by atoms with van der Waals surface area (Å²) in [4.78, 5) is 16.9. The van der Waals surface area contributed by atoms with Crippen LogP contribution in [-0.4, -0.2) is 58.8 Å². The molecule has 0 atom stereocenters. The smallest absolute Gasteiger partial charge is 0.252 e. The summed E-state index contributed by atoms with van der Waals surface area (Å²) >= 11 is 0. The van der Waals surface area contributed by atoms with Gasteiger partial charge in [0.1, 0.15) is 28.2 Å². The third-order valence-electron chi connectivity index (χ3n) is 7.40. The molecule has 246 valence electrons. The number of nitrogens with one attached hydrogen (secondary N) is 2. The minimum Gasteiger partial charge on any atom is -0.507 e. The molecule has 13 heteroatoms. The van der Waals surface area contributed by atoms with Crippen LogP contribution in [0.1, 0.15) is 61.5 Å². The van der Waals surface area contributed by atoms with Crippen LogP contribution in [-0.2, 0) is 13.5 Å². The standard InChI is InChI=1S/C33H42N6O6S/c1-5-23-18-26(27-14-16-39(4)38-27)28(40)19-29(23)45-17-9-8-15-33(2,3)22-35-32(41)25-12-13-31(34-20-25)37-36-21-24-10-6-7-11-30(24)46(42,43)44/h6-7,10-14,16,18-21,40,42-44H,5,8-9,15,17,22H2,1-4H3,(H,34,37)(H,35,41)/b36-21+. The molecule has 0 aliphatic carbocycles. The Morgan fingerprint density at radius 1 is 1.11 bits per heavy atom. The van der Waals surface area contributed by atoms with Crippen LogP contribution in [0, 0.1) is 5.41 Å². The summed E-state index contributed by atoms with van der Waals surface area (Å²) < 4.78 is 36.5. The molecule has 6 N–H and O–H groups in total. The van der Waals surface area contributed by atoms with Crippen LogP contribution in [0.3, 0.4) is 0 Å². The Morgan fingerprint density at radius 2 is 1.89 bits per heavy atom. The van der Waals surface area contributed by atoms with Gasteiger partial charge in [-0.15, -0.1) is 0 Å². The predicted molar refractivity (Wildman–Crippen MR) is 181 cm³/mol. The number of rotatable bonds is 15. The van der Waals surface area contributed by atoms with Crippen LogP contribution in [0.5, 0.6) is 11.5 Å². The van der Waals surface area contributed by atoms with Gasteiger partial charge in [-0.25, -0.2) is 4.98 Å². The second-order valence-corrected chi connectivity index (χ2v) is 13.2. The van der Waals surface area contributed by atoms with Crippen molar-refractivity contribution in [3.63, 3.8) is 0 Å². The van der Waals surface area contributed by atoms with Gasteiger partial charge in [0, 0.05) is 43.2 Å². The van der Waals surface area contributed by atoms with Crippen molar-refractivity contribution in [3.05, 3.63) is 83.7 Å². The van der Waals surface area contributed by atoms with Crippen molar-refractivity contribution in [2.24, 2.45) is 17.6 Å². The van der Waals surface area contributed by atoms with Gasteiger partial charge in [-0.1, -0.05) is 39.0 Å². The Bertz CT molecular complexity index is 1650. The molecule has 2 heterocycles. The lowest BCUT2D eigenvalue weighted by Crippen LogP contribution is -2.34. The summed E-state index contributed by atoms with van der Waals surface area (Å²) in [6.45, 7) is 7.27. The number of hydrogen-bond acceptors (Lipinski definition) is 10. The molecule has 2 aromatic carbocycles. The van der Waals surface area contributed by atoms with Gasteiger partial charge in [-0.3, -0.25) is 14.9 Å². The molecule has 1 amide bonds. The predicted octanol–water partition coefficient (Wildman–Crippen LogP) is 6.78. The lowest BCUT2D eigenvalue weighted by atomic mass is 9.87. The van der Waals surface area contributed by atoms with E-state index in [-0.39, 0.29) is 22.0 Å². The normalized spacial score (nSPS) is 12.3. The molecule has 0 fully saturated rings. The molecule has 12 nitrogen and oxygen atoms in total. The van der Waals surface area contributed by atoms with Gasteiger partial charge >= 0.3 is 0 Å². The van der Waals surface area contributed by atoms with Gasteiger partial charge < -0.3 is 28.8 Å². The third-order valence-corrected chi connectivity index (χ3v) is 8.37. The van der Waals surface area contributed by atoms with Gasteiger partial charge in [0.05, 0.1) is 29.0 Å². The summed E-state index contributed by atoms with van der Waals surface area (Å²) in [5, 5.41) is 22.0. The lowest BCUT2D eigenvalue weighted by Gasteiger charge is -2.25. The zero-order chi connectivity index (χ0) is 33.3. The number of phenolic OH excluding ortho intramolecular Hbond substituents is 1. The highest BCUT2D eigenvalue weighted by Crippen LogP contribution is 2.44. The van der Waals surface area contributed by atoms with E-state index in [0.717, 1.165) is 36.9 Å². The van der Waals surface area contributed by atoms with E-state index in [4.69, 9.17) is 4.74 Å². The van der Waals surface area contributed by atoms with Crippen LogP contribution < -0.4 is 15.5 Å². The number of pyridine rings is 1. The van der Waals surface area contributed by atoms with E-state index >= 15 is 0 Å². The van der Waals surface area contributed by atoms with Crippen molar-refractivity contribution in [2.45, 2.75) is 51.3 Å². The van der Waals surface area contributed by atoms with Crippen molar-refractivity contribution in [2.75, 3.05) is 18.6 Å².